The second kappa shape index (κ2) is 8.37. The summed E-state index contributed by atoms with van der Waals surface area (Å²) in [5.41, 5.74) is 1.18. The molecule has 1 amide bonds. The summed E-state index contributed by atoms with van der Waals surface area (Å²) in [7, 11) is -3.80. The number of amides is 1. The zero-order valence-corrected chi connectivity index (χ0v) is 17.4. The number of benzene rings is 2. The molecule has 1 heterocycles. The van der Waals surface area contributed by atoms with Crippen molar-refractivity contribution < 1.29 is 17.6 Å². The van der Waals surface area contributed by atoms with Gasteiger partial charge in [-0.05, 0) is 55.7 Å². The Morgan fingerprint density at radius 2 is 1.82 bits per heavy atom. The van der Waals surface area contributed by atoms with E-state index in [1.165, 1.54) is 34.6 Å². The van der Waals surface area contributed by atoms with Crippen molar-refractivity contribution in [3.63, 3.8) is 0 Å². The van der Waals surface area contributed by atoms with Crippen molar-refractivity contribution in [2.45, 2.75) is 24.7 Å². The highest BCUT2D eigenvalue weighted by molar-refractivity contribution is 7.89. The second-order valence-corrected chi connectivity index (χ2v) is 9.45. The zero-order chi connectivity index (χ0) is 20.5. The Bertz CT molecular complexity index is 1010. The van der Waals surface area contributed by atoms with E-state index in [4.69, 9.17) is 23.2 Å². The Labute approximate surface area is 173 Å². The lowest BCUT2D eigenvalue weighted by Gasteiger charge is -2.31. The predicted molar refractivity (Wildman–Crippen MR) is 108 cm³/mol. The first-order valence-corrected chi connectivity index (χ1v) is 10.9. The molecule has 0 bridgehead atoms. The molecule has 0 radical (unpaired) electrons. The molecule has 0 atom stereocenters. The Balaban J connectivity index is 1.67. The molecule has 9 heteroatoms. The standard InChI is InChI=1S/C19H19Cl2FN2O3S/c1-12-2-4-15(22)11-17(12)23-19(25)13-6-8-24(9-7-13)28(26,27)18-10-14(20)3-5-16(18)21/h2-5,10-11,13H,6-9H2,1H3,(H,23,25). The highest BCUT2D eigenvalue weighted by Gasteiger charge is 2.33. The van der Waals surface area contributed by atoms with E-state index >= 15 is 0 Å². The average molecular weight is 445 g/mol. The fourth-order valence-corrected chi connectivity index (χ4v) is 5.34. The third kappa shape index (κ3) is 4.49. The van der Waals surface area contributed by atoms with Crippen molar-refractivity contribution in [3.05, 3.63) is 57.8 Å². The lowest BCUT2D eigenvalue weighted by atomic mass is 9.97. The van der Waals surface area contributed by atoms with Crippen LogP contribution in [0.4, 0.5) is 10.1 Å². The molecule has 0 unspecified atom stereocenters. The van der Waals surface area contributed by atoms with Gasteiger partial charge in [0, 0.05) is 29.7 Å². The summed E-state index contributed by atoms with van der Waals surface area (Å²) in [6.45, 7) is 2.15. The summed E-state index contributed by atoms with van der Waals surface area (Å²) in [4.78, 5) is 12.5. The lowest BCUT2D eigenvalue weighted by molar-refractivity contribution is -0.120. The smallest absolute Gasteiger partial charge is 0.244 e. The third-order valence-electron chi connectivity index (χ3n) is 4.79. The number of sulfonamides is 1. The number of nitrogens with one attached hydrogen (secondary N) is 1. The Hall–Kier alpha value is -1.67. The van der Waals surface area contributed by atoms with Crippen molar-refractivity contribution in [1.29, 1.82) is 0 Å². The minimum absolute atomic E-state index is 0.0417. The number of piperidine rings is 1. The molecule has 1 fully saturated rings. The molecule has 5 nitrogen and oxygen atoms in total. The number of halogens is 3. The maximum absolute atomic E-state index is 13.4. The average Bonchev–Trinajstić information content (AvgIpc) is 2.66. The van der Waals surface area contributed by atoms with Crippen LogP contribution >= 0.6 is 23.2 Å². The van der Waals surface area contributed by atoms with Gasteiger partial charge in [0.1, 0.15) is 10.7 Å². The molecule has 0 saturated carbocycles. The van der Waals surface area contributed by atoms with Crippen LogP contribution in [0.5, 0.6) is 0 Å². The number of anilines is 1. The van der Waals surface area contributed by atoms with Gasteiger partial charge in [-0.15, -0.1) is 0 Å². The molecule has 1 aliphatic rings. The van der Waals surface area contributed by atoms with E-state index in [1.54, 1.807) is 13.0 Å². The van der Waals surface area contributed by atoms with Gasteiger partial charge in [0.25, 0.3) is 0 Å². The first-order valence-electron chi connectivity index (χ1n) is 8.70. The number of aryl methyl sites for hydroxylation is 1. The summed E-state index contributed by atoms with van der Waals surface area (Å²) in [5, 5.41) is 3.12. The third-order valence-corrected chi connectivity index (χ3v) is 7.41. The van der Waals surface area contributed by atoms with Crippen LogP contribution in [0.15, 0.2) is 41.3 Å². The van der Waals surface area contributed by atoms with Crippen molar-refractivity contribution in [2.75, 3.05) is 18.4 Å². The van der Waals surface area contributed by atoms with Crippen LogP contribution in [-0.2, 0) is 14.8 Å². The number of carbonyl (C=O) groups is 1. The van der Waals surface area contributed by atoms with E-state index in [0.717, 1.165) is 5.56 Å². The van der Waals surface area contributed by atoms with Crippen molar-refractivity contribution in [2.24, 2.45) is 5.92 Å². The molecule has 3 rings (SSSR count). The van der Waals surface area contributed by atoms with Gasteiger partial charge in [-0.1, -0.05) is 29.3 Å². The topological polar surface area (TPSA) is 66.5 Å². The Kier molecular flexibility index (Phi) is 6.29. The summed E-state index contributed by atoms with van der Waals surface area (Å²) in [5.74, 6) is -1.03. The van der Waals surface area contributed by atoms with E-state index in [2.05, 4.69) is 5.32 Å². The summed E-state index contributed by atoms with van der Waals surface area (Å²) in [6, 6.07) is 8.48. The predicted octanol–water partition coefficient (Wildman–Crippen LogP) is 4.48. The van der Waals surface area contributed by atoms with Crippen LogP contribution in [0.3, 0.4) is 0 Å². The van der Waals surface area contributed by atoms with Gasteiger partial charge < -0.3 is 5.32 Å². The number of hydrogen-bond acceptors (Lipinski definition) is 3. The van der Waals surface area contributed by atoms with Crippen LogP contribution in [0.1, 0.15) is 18.4 Å². The van der Waals surface area contributed by atoms with Gasteiger partial charge in [0.05, 0.1) is 5.02 Å². The minimum Gasteiger partial charge on any atom is -0.326 e. The minimum atomic E-state index is -3.80. The molecule has 1 N–H and O–H groups in total. The molecule has 1 saturated heterocycles. The Morgan fingerprint density at radius 1 is 1.14 bits per heavy atom. The van der Waals surface area contributed by atoms with Crippen LogP contribution < -0.4 is 5.32 Å². The van der Waals surface area contributed by atoms with E-state index in [1.807, 2.05) is 0 Å². The normalized spacial score (nSPS) is 16.1. The maximum atomic E-state index is 13.4. The van der Waals surface area contributed by atoms with Crippen molar-refractivity contribution >= 4 is 44.8 Å². The molecule has 2 aromatic rings. The van der Waals surface area contributed by atoms with E-state index < -0.39 is 15.8 Å². The Morgan fingerprint density at radius 3 is 2.50 bits per heavy atom. The molecular weight excluding hydrogens is 426 g/mol. The summed E-state index contributed by atoms with van der Waals surface area (Å²) < 4.78 is 40.4. The highest BCUT2D eigenvalue weighted by atomic mass is 35.5. The molecule has 0 aliphatic carbocycles. The monoisotopic (exact) mass is 444 g/mol. The molecule has 2 aromatic carbocycles. The van der Waals surface area contributed by atoms with E-state index in [-0.39, 0.29) is 39.9 Å². The molecule has 0 aromatic heterocycles. The molecule has 28 heavy (non-hydrogen) atoms. The number of carbonyl (C=O) groups excluding carboxylic acids is 1. The van der Waals surface area contributed by atoms with Gasteiger partial charge >= 0.3 is 0 Å². The van der Waals surface area contributed by atoms with Gasteiger partial charge in [-0.25, -0.2) is 12.8 Å². The van der Waals surface area contributed by atoms with Crippen LogP contribution in [0.25, 0.3) is 0 Å². The van der Waals surface area contributed by atoms with Crippen LogP contribution in [-0.4, -0.2) is 31.7 Å². The quantitative estimate of drug-likeness (QED) is 0.755. The molecule has 0 spiro atoms. The highest BCUT2D eigenvalue weighted by Crippen LogP contribution is 2.30. The first-order chi connectivity index (χ1) is 13.2. The summed E-state index contributed by atoms with van der Waals surface area (Å²) >= 11 is 11.9. The fourth-order valence-electron chi connectivity index (χ4n) is 3.14. The van der Waals surface area contributed by atoms with Gasteiger partial charge in [0.15, 0.2) is 0 Å². The van der Waals surface area contributed by atoms with Crippen LogP contribution in [0.2, 0.25) is 10.0 Å². The second-order valence-electron chi connectivity index (χ2n) is 6.70. The molecule has 1 aliphatic heterocycles. The number of nitrogens with zero attached hydrogens (tertiary/aromatic N) is 1. The van der Waals surface area contributed by atoms with E-state index in [9.17, 15) is 17.6 Å². The van der Waals surface area contributed by atoms with Crippen molar-refractivity contribution in [3.8, 4) is 0 Å². The van der Waals surface area contributed by atoms with Gasteiger partial charge in [-0.2, -0.15) is 4.31 Å². The fraction of sp³-hybridized carbons (Fsp3) is 0.316. The van der Waals surface area contributed by atoms with Crippen LogP contribution in [0, 0.1) is 18.7 Å². The van der Waals surface area contributed by atoms with E-state index in [0.29, 0.717) is 18.5 Å². The lowest BCUT2D eigenvalue weighted by Crippen LogP contribution is -2.41. The first kappa shape index (κ1) is 21.0. The SMILES string of the molecule is Cc1ccc(F)cc1NC(=O)C1CCN(S(=O)(=O)c2cc(Cl)ccc2Cl)CC1. The number of rotatable bonds is 4. The maximum Gasteiger partial charge on any atom is 0.244 e. The zero-order valence-electron chi connectivity index (χ0n) is 15.1. The molecular formula is C19H19Cl2FN2O3S. The largest absolute Gasteiger partial charge is 0.326 e. The number of hydrogen-bond donors (Lipinski definition) is 1. The van der Waals surface area contributed by atoms with Crippen molar-refractivity contribution in [1.82, 2.24) is 4.31 Å². The van der Waals surface area contributed by atoms with Gasteiger partial charge in [0.2, 0.25) is 15.9 Å². The molecule has 150 valence electrons. The summed E-state index contributed by atoms with van der Waals surface area (Å²) in [6.07, 6.45) is 0.717. The van der Waals surface area contributed by atoms with Gasteiger partial charge in [-0.3, -0.25) is 4.79 Å².